The van der Waals surface area contributed by atoms with Crippen LogP contribution < -0.4 is 0 Å². The Hall–Kier alpha value is -0.930. The SMILES string of the molecule is c1cncc(COC2CCOCC2)c1. The van der Waals surface area contributed by atoms with Crippen molar-refractivity contribution in [1.29, 1.82) is 0 Å². The van der Waals surface area contributed by atoms with Crippen LogP contribution in [0.2, 0.25) is 0 Å². The lowest BCUT2D eigenvalue weighted by molar-refractivity contribution is -0.0391. The first-order valence-electron chi connectivity index (χ1n) is 5.03. The van der Waals surface area contributed by atoms with Gasteiger partial charge in [-0.05, 0) is 24.5 Å². The van der Waals surface area contributed by atoms with Crippen molar-refractivity contribution < 1.29 is 9.47 Å². The lowest BCUT2D eigenvalue weighted by atomic mass is 10.1. The average Bonchev–Trinajstić information content (AvgIpc) is 2.29. The smallest absolute Gasteiger partial charge is 0.0735 e. The molecule has 0 aliphatic carbocycles. The molecule has 1 aromatic heterocycles. The first kappa shape index (κ1) is 9.62. The van der Waals surface area contributed by atoms with Crippen LogP contribution in [0, 0.1) is 0 Å². The fourth-order valence-corrected chi connectivity index (χ4v) is 1.54. The zero-order valence-electron chi connectivity index (χ0n) is 8.19. The molecule has 1 saturated heterocycles. The quantitative estimate of drug-likeness (QED) is 0.733. The third-order valence-electron chi connectivity index (χ3n) is 2.38. The molecule has 0 atom stereocenters. The molecule has 0 bridgehead atoms. The van der Waals surface area contributed by atoms with Gasteiger partial charge in [0, 0.05) is 25.6 Å². The minimum atomic E-state index is 0.365. The maximum absolute atomic E-state index is 5.75. The summed E-state index contributed by atoms with van der Waals surface area (Å²) in [4.78, 5) is 4.04. The molecule has 3 heteroatoms. The van der Waals surface area contributed by atoms with Gasteiger partial charge in [-0.2, -0.15) is 0 Å². The van der Waals surface area contributed by atoms with Crippen LogP contribution in [0.4, 0.5) is 0 Å². The first-order chi connectivity index (χ1) is 6.95. The molecule has 0 spiro atoms. The summed E-state index contributed by atoms with van der Waals surface area (Å²) in [7, 11) is 0. The number of hydrogen-bond donors (Lipinski definition) is 0. The van der Waals surface area contributed by atoms with Crippen molar-refractivity contribution >= 4 is 0 Å². The molecule has 0 unspecified atom stereocenters. The molecule has 0 saturated carbocycles. The van der Waals surface area contributed by atoms with Crippen LogP contribution in [-0.4, -0.2) is 24.3 Å². The molecule has 1 fully saturated rings. The van der Waals surface area contributed by atoms with E-state index in [9.17, 15) is 0 Å². The Morgan fingerprint density at radius 2 is 2.29 bits per heavy atom. The van der Waals surface area contributed by atoms with Crippen molar-refractivity contribution in [2.75, 3.05) is 13.2 Å². The number of ether oxygens (including phenoxy) is 2. The van der Waals surface area contributed by atoms with Crippen molar-refractivity contribution in [2.45, 2.75) is 25.6 Å². The molecule has 14 heavy (non-hydrogen) atoms. The minimum absolute atomic E-state index is 0.365. The van der Waals surface area contributed by atoms with Gasteiger partial charge in [-0.25, -0.2) is 0 Å². The third-order valence-corrected chi connectivity index (χ3v) is 2.38. The van der Waals surface area contributed by atoms with Gasteiger partial charge in [-0.15, -0.1) is 0 Å². The Bertz CT molecular complexity index is 257. The van der Waals surface area contributed by atoms with Gasteiger partial charge in [0.05, 0.1) is 12.7 Å². The van der Waals surface area contributed by atoms with Crippen molar-refractivity contribution in [1.82, 2.24) is 4.98 Å². The van der Waals surface area contributed by atoms with Crippen LogP contribution in [0.1, 0.15) is 18.4 Å². The zero-order chi connectivity index (χ0) is 9.64. The maximum Gasteiger partial charge on any atom is 0.0735 e. The number of aromatic nitrogens is 1. The summed E-state index contributed by atoms with van der Waals surface area (Å²) in [6.45, 7) is 2.33. The molecule has 2 heterocycles. The van der Waals surface area contributed by atoms with Crippen LogP contribution in [-0.2, 0) is 16.1 Å². The highest BCUT2D eigenvalue weighted by atomic mass is 16.5. The van der Waals surface area contributed by atoms with E-state index in [2.05, 4.69) is 4.98 Å². The maximum atomic E-state index is 5.75. The summed E-state index contributed by atoms with van der Waals surface area (Å²) in [5.41, 5.74) is 1.14. The van der Waals surface area contributed by atoms with Crippen LogP contribution in [0.25, 0.3) is 0 Å². The van der Waals surface area contributed by atoms with Crippen LogP contribution in [0.15, 0.2) is 24.5 Å². The molecule has 0 amide bonds. The highest BCUT2D eigenvalue weighted by molar-refractivity contribution is 5.06. The number of hydrogen-bond acceptors (Lipinski definition) is 3. The molecular weight excluding hydrogens is 178 g/mol. The molecule has 2 rings (SSSR count). The number of rotatable bonds is 3. The van der Waals surface area contributed by atoms with Gasteiger partial charge in [0.25, 0.3) is 0 Å². The van der Waals surface area contributed by atoms with Gasteiger partial charge < -0.3 is 9.47 Å². The molecule has 0 aromatic carbocycles. The summed E-state index contributed by atoms with van der Waals surface area (Å²) in [6, 6.07) is 3.97. The monoisotopic (exact) mass is 193 g/mol. The van der Waals surface area contributed by atoms with Crippen LogP contribution >= 0.6 is 0 Å². The Morgan fingerprint density at radius 1 is 1.43 bits per heavy atom. The lowest BCUT2D eigenvalue weighted by Gasteiger charge is -2.22. The Morgan fingerprint density at radius 3 is 3.00 bits per heavy atom. The fourth-order valence-electron chi connectivity index (χ4n) is 1.54. The van der Waals surface area contributed by atoms with Gasteiger partial charge in [0.1, 0.15) is 0 Å². The van der Waals surface area contributed by atoms with E-state index in [4.69, 9.17) is 9.47 Å². The molecule has 1 aromatic rings. The van der Waals surface area contributed by atoms with E-state index < -0.39 is 0 Å². The van der Waals surface area contributed by atoms with Gasteiger partial charge in [0.15, 0.2) is 0 Å². The van der Waals surface area contributed by atoms with Gasteiger partial charge in [0.2, 0.25) is 0 Å². The van der Waals surface area contributed by atoms with Crippen LogP contribution in [0.5, 0.6) is 0 Å². The summed E-state index contributed by atoms with van der Waals surface area (Å²) >= 11 is 0. The first-order valence-corrected chi connectivity index (χ1v) is 5.03. The van der Waals surface area contributed by atoms with Gasteiger partial charge in [-0.3, -0.25) is 4.98 Å². The van der Waals surface area contributed by atoms with Crippen LogP contribution in [0.3, 0.4) is 0 Å². The summed E-state index contributed by atoms with van der Waals surface area (Å²) in [6.07, 6.45) is 6.02. The lowest BCUT2D eigenvalue weighted by Crippen LogP contribution is -2.23. The number of pyridine rings is 1. The topological polar surface area (TPSA) is 31.4 Å². The largest absolute Gasteiger partial charge is 0.381 e. The van der Waals surface area contributed by atoms with Crippen molar-refractivity contribution in [3.05, 3.63) is 30.1 Å². The summed E-state index contributed by atoms with van der Waals surface area (Å²) < 4.78 is 11.0. The van der Waals surface area contributed by atoms with Crippen molar-refractivity contribution in [2.24, 2.45) is 0 Å². The number of nitrogens with zero attached hydrogens (tertiary/aromatic N) is 1. The van der Waals surface area contributed by atoms with E-state index in [0.29, 0.717) is 12.7 Å². The second-order valence-electron chi connectivity index (χ2n) is 3.48. The molecule has 0 N–H and O–H groups in total. The van der Waals surface area contributed by atoms with Gasteiger partial charge in [-0.1, -0.05) is 6.07 Å². The molecule has 0 radical (unpaired) electrons. The summed E-state index contributed by atoms with van der Waals surface area (Å²) in [5.74, 6) is 0. The molecule has 1 aliphatic rings. The van der Waals surface area contributed by atoms with E-state index in [1.807, 2.05) is 18.3 Å². The summed E-state index contributed by atoms with van der Waals surface area (Å²) in [5, 5.41) is 0. The second-order valence-corrected chi connectivity index (χ2v) is 3.48. The average molecular weight is 193 g/mol. The normalized spacial score (nSPS) is 18.3. The van der Waals surface area contributed by atoms with E-state index in [0.717, 1.165) is 31.6 Å². The molecule has 3 nitrogen and oxygen atoms in total. The Labute approximate surface area is 84.1 Å². The fraction of sp³-hybridized carbons (Fsp3) is 0.545. The Kier molecular flexibility index (Phi) is 3.49. The van der Waals surface area contributed by atoms with E-state index in [-0.39, 0.29) is 0 Å². The third kappa shape index (κ3) is 2.79. The highest BCUT2D eigenvalue weighted by Gasteiger charge is 2.13. The van der Waals surface area contributed by atoms with E-state index >= 15 is 0 Å². The van der Waals surface area contributed by atoms with Crippen molar-refractivity contribution in [3.8, 4) is 0 Å². The predicted molar refractivity (Wildman–Crippen MR) is 52.9 cm³/mol. The Balaban J connectivity index is 1.76. The van der Waals surface area contributed by atoms with Crippen molar-refractivity contribution in [3.63, 3.8) is 0 Å². The van der Waals surface area contributed by atoms with E-state index in [1.165, 1.54) is 0 Å². The van der Waals surface area contributed by atoms with Gasteiger partial charge >= 0.3 is 0 Å². The predicted octanol–water partition coefficient (Wildman–Crippen LogP) is 1.78. The molecule has 76 valence electrons. The second kappa shape index (κ2) is 5.08. The highest BCUT2D eigenvalue weighted by Crippen LogP contribution is 2.12. The molecular formula is C11H15NO2. The standard InChI is InChI=1S/C11H15NO2/c1-2-10(8-12-5-1)9-14-11-3-6-13-7-4-11/h1-2,5,8,11H,3-4,6-7,9H2. The minimum Gasteiger partial charge on any atom is -0.381 e. The molecule has 1 aliphatic heterocycles. The van der Waals surface area contributed by atoms with E-state index in [1.54, 1.807) is 6.20 Å². The zero-order valence-corrected chi connectivity index (χ0v) is 8.19.